The van der Waals surface area contributed by atoms with Crippen LogP contribution in [0.15, 0.2) is 72.9 Å². The molecule has 0 aromatic heterocycles. The van der Waals surface area contributed by atoms with E-state index in [0.717, 1.165) is 154 Å². The maximum absolute atomic E-state index is 13.1. The molecule has 0 bridgehead atoms. The van der Waals surface area contributed by atoms with Crippen LogP contribution in [0.5, 0.6) is 0 Å². The SMILES string of the molecule is CC/C=C\C/C=C\C/C=C\C/C=C\CCCCCCC(=O)OCC(COP(=O)(O)OCC(O)COP(=O)(O)OCC(COC(=O)CCCCCCC/C=C\CCCCCCCC)OC(=O)CCCCCCCCCCCCCCC)OC(=O)CCCCCCC/C=C\CCCC. The van der Waals surface area contributed by atoms with E-state index in [9.17, 15) is 43.2 Å². The number of aliphatic hydroxyl groups excluding tert-OH is 1. The van der Waals surface area contributed by atoms with E-state index in [4.69, 9.17) is 37.0 Å². The van der Waals surface area contributed by atoms with Gasteiger partial charge >= 0.3 is 39.5 Å². The van der Waals surface area contributed by atoms with E-state index >= 15 is 0 Å². The Morgan fingerprint density at radius 1 is 0.302 bits per heavy atom. The second-order valence-electron chi connectivity index (χ2n) is 25.6. The molecule has 0 spiro atoms. The summed E-state index contributed by atoms with van der Waals surface area (Å²) in [5, 5.41) is 10.6. The summed E-state index contributed by atoms with van der Waals surface area (Å²) in [6.45, 7) is 4.71. The van der Waals surface area contributed by atoms with Crippen molar-refractivity contribution < 1.29 is 80.2 Å². The zero-order valence-electron chi connectivity index (χ0n) is 60.8. The molecule has 0 aliphatic rings. The molecule has 19 heteroatoms. The third-order valence-corrected chi connectivity index (χ3v) is 18.1. The number of unbranched alkanes of at least 4 members (excludes halogenated alkanes) is 34. The first-order chi connectivity index (χ1) is 46.7. The summed E-state index contributed by atoms with van der Waals surface area (Å²) in [7, 11) is -9.94. The molecule has 96 heavy (non-hydrogen) atoms. The molecular formula is C77H138O17P2. The van der Waals surface area contributed by atoms with Crippen LogP contribution in [0, 0.1) is 0 Å². The third-order valence-electron chi connectivity index (χ3n) is 16.2. The van der Waals surface area contributed by atoms with Gasteiger partial charge in [-0.15, -0.1) is 0 Å². The standard InChI is InChI=1S/C77H138O17P2/c1-5-9-13-17-21-25-29-32-34-35-37-40-43-46-50-54-58-62-75(80)87-67-72(93-76(81)63-59-55-51-47-41-28-24-20-16-12-8-4)69-91-95(83,84)89-65-71(78)66-90-96(85,86)92-70-73(94-77(82)64-60-56-52-48-44-38-31-27-23-19-15-11-7-3)68-88-74(79)61-57-53-49-45-42-39-36-33-30-26-22-18-14-10-6-2/h9,13,20-21,24-25,32-34,36-37,40,71-73,78H,5-8,10-12,14-19,22-23,26-31,35,38-39,41-70H2,1-4H3,(H,83,84)(H,85,86)/b13-9-,24-20-,25-21-,34-32-,36-33-,40-37-. The van der Waals surface area contributed by atoms with Crippen LogP contribution < -0.4 is 0 Å². The molecule has 0 rings (SSSR count). The molecule has 0 saturated heterocycles. The van der Waals surface area contributed by atoms with Gasteiger partial charge in [0.2, 0.25) is 0 Å². The van der Waals surface area contributed by atoms with Crippen molar-refractivity contribution in [3.63, 3.8) is 0 Å². The minimum absolute atomic E-state index is 0.0806. The number of aliphatic hydroxyl groups is 1. The van der Waals surface area contributed by atoms with Gasteiger partial charge in [0.05, 0.1) is 26.4 Å². The van der Waals surface area contributed by atoms with Gasteiger partial charge < -0.3 is 33.8 Å². The molecule has 0 aliphatic heterocycles. The summed E-state index contributed by atoms with van der Waals surface area (Å²) in [5.74, 6) is -2.20. The molecule has 0 aromatic carbocycles. The summed E-state index contributed by atoms with van der Waals surface area (Å²) in [4.78, 5) is 72.8. The Labute approximate surface area is 583 Å². The Morgan fingerprint density at radius 2 is 0.552 bits per heavy atom. The number of carbonyl (C=O) groups is 4. The molecule has 0 amide bonds. The van der Waals surface area contributed by atoms with E-state index in [0.29, 0.717) is 25.7 Å². The molecule has 0 aliphatic carbocycles. The molecule has 5 atom stereocenters. The van der Waals surface area contributed by atoms with E-state index in [-0.39, 0.29) is 25.7 Å². The van der Waals surface area contributed by atoms with Crippen LogP contribution in [0.4, 0.5) is 0 Å². The maximum atomic E-state index is 13.1. The van der Waals surface area contributed by atoms with Gasteiger partial charge in [-0.3, -0.25) is 37.3 Å². The fourth-order valence-corrected chi connectivity index (χ4v) is 11.9. The van der Waals surface area contributed by atoms with Crippen LogP contribution in [-0.4, -0.2) is 96.7 Å². The molecule has 0 aromatic rings. The average Bonchev–Trinajstić information content (AvgIpc) is 1.13. The Bertz CT molecular complexity index is 2110. The van der Waals surface area contributed by atoms with Crippen LogP contribution in [0.1, 0.15) is 336 Å². The second kappa shape index (κ2) is 70.0. The molecule has 5 unspecified atom stereocenters. The van der Waals surface area contributed by atoms with Crippen LogP contribution in [0.3, 0.4) is 0 Å². The minimum Gasteiger partial charge on any atom is -0.462 e. The van der Waals surface area contributed by atoms with Gasteiger partial charge in [-0.05, 0) is 109 Å². The average molecular weight is 1400 g/mol. The predicted octanol–water partition coefficient (Wildman–Crippen LogP) is 21.7. The molecule has 3 N–H and O–H groups in total. The lowest BCUT2D eigenvalue weighted by atomic mass is 10.0. The van der Waals surface area contributed by atoms with Crippen molar-refractivity contribution in [2.75, 3.05) is 39.6 Å². The zero-order chi connectivity index (χ0) is 70.4. The first kappa shape index (κ1) is 92.5. The van der Waals surface area contributed by atoms with E-state index in [1.807, 2.05) is 0 Å². The minimum atomic E-state index is -4.97. The fraction of sp³-hybridized carbons (Fsp3) is 0.792. The van der Waals surface area contributed by atoms with Crippen LogP contribution >= 0.6 is 15.6 Å². The highest BCUT2D eigenvalue weighted by Gasteiger charge is 2.30. The second-order valence-corrected chi connectivity index (χ2v) is 28.5. The number of phosphoric acid groups is 2. The highest BCUT2D eigenvalue weighted by molar-refractivity contribution is 7.47. The summed E-state index contributed by atoms with van der Waals surface area (Å²) < 4.78 is 68.4. The normalized spacial score (nSPS) is 14.4. The lowest BCUT2D eigenvalue weighted by Crippen LogP contribution is -2.30. The Balaban J connectivity index is 5.31. The largest absolute Gasteiger partial charge is 0.472 e. The quantitative estimate of drug-likeness (QED) is 0.0169. The zero-order valence-corrected chi connectivity index (χ0v) is 62.6. The maximum Gasteiger partial charge on any atom is 0.472 e. The summed E-state index contributed by atoms with van der Waals surface area (Å²) >= 11 is 0. The van der Waals surface area contributed by atoms with Gasteiger partial charge in [-0.2, -0.15) is 0 Å². The first-order valence-electron chi connectivity index (χ1n) is 38.2. The lowest BCUT2D eigenvalue weighted by Gasteiger charge is -2.21. The Kier molecular flexibility index (Phi) is 67.4. The Hall–Kier alpha value is -3.50. The fourth-order valence-electron chi connectivity index (χ4n) is 10.3. The first-order valence-corrected chi connectivity index (χ1v) is 41.2. The monoisotopic (exact) mass is 1400 g/mol. The van der Waals surface area contributed by atoms with Gasteiger partial charge in [0.25, 0.3) is 0 Å². The molecular weight excluding hydrogens is 1260 g/mol. The summed E-state index contributed by atoms with van der Waals surface area (Å²) in [5.41, 5.74) is 0. The topological polar surface area (TPSA) is 237 Å². The van der Waals surface area contributed by atoms with Gasteiger partial charge in [0.15, 0.2) is 12.2 Å². The number of hydrogen-bond donors (Lipinski definition) is 3. The number of hydrogen-bond acceptors (Lipinski definition) is 15. The number of allylic oxidation sites excluding steroid dienone is 12. The summed E-state index contributed by atoms with van der Waals surface area (Å²) in [6.07, 6.45) is 68.9. The van der Waals surface area contributed by atoms with Crippen molar-refractivity contribution in [1.29, 1.82) is 0 Å². The van der Waals surface area contributed by atoms with Gasteiger partial charge in [-0.1, -0.05) is 274 Å². The molecule has 0 fully saturated rings. The number of ether oxygens (including phenoxy) is 4. The Morgan fingerprint density at radius 3 is 0.875 bits per heavy atom. The predicted molar refractivity (Wildman–Crippen MR) is 390 cm³/mol. The van der Waals surface area contributed by atoms with Gasteiger partial charge in [0.1, 0.15) is 19.3 Å². The van der Waals surface area contributed by atoms with Crippen LogP contribution in [0.2, 0.25) is 0 Å². The highest BCUT2D eigenvalue weighted by atomic mass is 31.2. The van der Waals surface area contributed by atoms with Crippen molar-refractivity contribution in [3.05, 3.63) is 72.9 Å². The van der Waals surface area contributed by atoms with Crippen molar-refractivity contribution in [3.8, 4) is 0 Å². The highest BCUT2D eigenvalue weighted by Crippen LogP contribution is 2.45. The smallest absolute Gasteiger partial charge is 0.462 e. The number of rotatable bonds is 72. The molecule has 558 valence electrons. The molecule has 0 radical (unpaired) electrons. The van der Waals surface area contributed by atoms with Crippen molar-refractivity contribution >= 4 is 39.5 Å². The summed E-state index contributed by atoms with van der Waals surface area (Å²) in [6, 6.07) is 0. The lowest BCUT2D eigenvalue weighted by molar-refractivity contribution is -0.161. The van der Waals surface area contributed by atoms with Gasteiger partial charge in [0, 0.05) is 25.7 Å². The van der Waals surface area contributed by atoms with E-state index in [2.05, 4.69) is 101 Å². The molecule has 0 saturated carbocycles. The van der Waals surface area contributed by atoms with Gasteiger partial charge in [-0.25, -0.2) is 9.13 Å². The molecule has 0 heterocycles. The van der Waals surface area contributed by atoms with Crippen LogP contribution in [-0.2, 0) is 65.4 Å². The van der Waals surface area contributed by atoms with Crippen molar-refractivity contribution in [2.24, 2.45) is 0 Å². The third kappa shape index (κ3) is 69.0. The van der Waals surface area contributed by atoms with E-state index in [1.165, 1.54) is 103 Å². The molecule has 17 nitrogen and oxygen atoms in total. The van der Waals surface area contributed by atoms with Crippen molar-refractivity contribution in [1.82, 2.24) is 0 Å². The number of phosphoric ester groups is 2. The number of carbonyl (C=O) groups excluding carboxylic acids is 4. The van der Waals surface area contributed by atoms with Crippen LogP contribution in [0.25, 0.3) is 0 Å². The van der Waals surface area contributed by atoms with E-state index < -0.39 is 97.5 Å². The van der Waals surface area contributed by atoms with E-state index in [1.54, 1.807) is 0 Å². The van der Waals surface area contributed by atoms with Crippen molar-refractivity contribution in [2.45, 2.75) is 354 Å². The number of esters is 4.